The van der Waals surface area contributed by atoms with E-state index >= 15 is 0 Å². The van der Waals surface area contributed by atoms with Gasteiger partial charge < -0.3 is 24.0 Å². The van der Waals surface area contributed by atoms with Crippen LogP contribution in [0, 0.1) is 0 Å². The number of hydrogen-bond donors (Lipinski definition) is 0. The number of hydrogen-bond acceptors (Lipinski definition) is 1. The lowest BCUT2D eigenvalue weighted by Gasteiger charge is -2.18. The van der Waals surface area contributed by atoms with Crippen molar-refractivity contribution in [3.8, 4) is 0 Å². The molecular formula is C18H31IN2. The Hall–Kier alpha value is -0.160. The predicted molar refractivity (Wildman–Crippen MR) is 84.6 cm³/mol. The molecule has 1 atom stereocenters. The molecule has 0 N–H and O–H groups in total. The fraction of sp³-hybridized carbons (Fsp3) is 0.722. The Morgan fingerprint density at radius 2 is 1.95 bits per heavy atom. The van der Waals surface area contributed by atoms with Crippen molar-refractivity contribution in [1.82, 2.24) is 4.90 Å². The SMILES string of the molecule is CCCCCCCC[n+]1cccc(C2CCCN2C)c1.[I-]. The lowest BCUT2D eigenvalue weighted by atomic mass is 10.1. The Morgan fingerprint density at radius 1 is 1.19 bits per heavy atom. The van der Waals surface area contributed by atoms with E-state index in [1.165, 1.54) is 70.0 Å². The van der Waals surface area contributed by atoms with Crippen molar-refractivity contribution in [1.29, 1.82) is 0 Å². The topological polar surface area (TPSA) is 7.12 Å². The molecule has 1 saturated heterocycles. The van der Waals surface area contributed by atoms with Crippen molar-refractivity contribution in [3.05, 3.63) is 30.1 Å². The van der Waals surface area contributed by atoms with E-state index in [2.05, 4.69) is 48.0 Å². The second-order valence-electron chi connectivity index (χ2n) is 6.28. The molecule has 0 bridgehead atoms. The third-order valence-electron chi connectivity index (χ3n) is 4.56. The van der Waals surface area contributed by atoms with E-state index in [1.54, 1.807) is 0 Å². The Bertz CT molecular complexity index is 395. The first-order valence-corrected chi connectivity index (χ1v) is 8.50. The Labute approximate surface area is 148 Å². The average Bonchev–Trinajstić information content (AvgIpc) is 2.89. The van der Waals surface area contributed by atoms with Crippen molar-refractivity contribution < 1.29 is 28.5 Å². The zero-order valence-corrected chi connectivity index (χ0v) is 15.9. The van der Waals surface area contributed by atoms with Gasteiger partial charge in [0, 0.05) is 24.1 Å². The molecule has 1 aromatic rings. The highest BCUT2D eigenvalue weighted by molar-refractivity contribution is 5.12. The summed E-state index contributed by atoms with van der Waals surface area (Å²) in [6.07, 6.45) is 15.5. The number of rotatable bonds is 8. The number of aryl methyl sites for hydroxylation is 1. The largest absolute Gasteiger partial charge is 1.00 e. The average molecular weight is 402 g/mol. The highest BCUT2D eigenvalue weighted by atomic mass is 127. The second kappa shape index (κ2) is 10.5. The number of pyridine rings is 1. The van der Waals surface area contributed by atoms with Crippen LogP contribution in [0.3, 0.4) is 0 Å². The van der Waals surface area contributed by atoms with Gasteiger partial charge in [0.05, 0.1) is 0 Å². The maximum absolute atomic E-state index is 2.49. The minimum Gasteiger partial charge on any atom is -1.00 e. The van der Waals surface area contributed by atoms with Gasteiger partial charge in [-0.2, -0.15) is 0 Å². The normalized spacial score (nSPS) is 18.7. The van der Waals surface area contributed by atoms with E-state index in [4.69, 9.17) is 0 Å². The highest BCUT2D eigenvalue weighted by Crippen LogP contribution is 2.29. The van der Waals surface area contributed by atoms with Crippen LogP contribution >= 0.6 is 0 Å². The molecule has 0 amide bonds. The molecule has 0 aliphatic carbocycles. The van der Waals surface area contributed by atoms with Gasteiger partial charge in [0.1, 0.15) is 6.54 Å². The number of unbranched alkanes of at least 4 members (excludes halogenated alkanes) is 5. The number of aromatic nitrogens is 1. The van der Waals surface area contributed by atoms with Crippen LogP contribution in [-0.2, 0) is 6.54 Å². The maximum atomic E-state index is 2.49. The van der Waals surface area contributed by atoms with Gasteiger partial charge in [-0.3, -0.25) is 4.90 Å². The van der Waals surface area contributed by atoms with Crippen LogP contribution in [0.5, 0.6) is 0 Å². The summed E-state index contributed by atoms with van der Waals surface area (Å²) in [7, 11) is 2.25. The van der Waals surface area contributed by atoms with E-state index in [9.17, 15) is 0 Å². The van der Waals surface area contributed by atoms with Crippen molar-refractivity contribution in [2.45, 2.75) is 70.9 Å². The monoisotopic (exact) mass is 402 g/mol. The lowest BCUT2D eigenvalue weighted by Crippen LogP contribution is -3.00. The van der Waals surface area contributed by atoms with Gasteiger partial charge in [-0.05, 0) is 38.9 Å². The molecule has 2 heterocycles. The van der Waals surface area contributed by atoms with Crippen LogP contribution in [0.15, 0.2) is 24.5 Å². The second-order valence-corrected chi connectivity index (χ2v) is 6.28. The van der Waals surface area contributed by atoms with Gasteiger partial charge in [-0.1, -0.05) is 32.6 Å². The van der Waals surface area contributed by atoms with Gasteiger partial charge in [0.15, 0.2) is 12.4 Å². The molecule has 1 aliphatic heterocycles. The number of halogens is 1. The van der Waals surface area contributed by atoms with E-state index in [1.807, 2.05) is 0 Å². The summed E-state index contributed by atoms with van der Waals surface area (Å²) >= 11 is 0. The molecule has 1 fully saturated rings. The standard InChI is InChI=1S/C18H31N2.HI/c1-3-4-5-6-7-8-14-20-15-9-11-17(16-20)18-12-10-13-19(18)2;/h9,11,15-16,18H,3-8,10,12-14H2,1-2H3;1H/q+1;/p-1. The first-order valence-electron chi connectivity index (χ1n) is 8.50. The molecule has 3 heteroatoms. The highest BCUT2D eigenvalue weighted by Gasteiger charge is 2.24. The number of nitrogens with zero attached hydrogens (tertiary/aromatic N) is 2. The summed E-state index contributed by atoms with van der Waals surface area (Å²) in [6, 6.07) is 5.16. The third-order valence-corrected chi connectivity index (χ3v) is 4.56. The smallest absolute Gasteiger partial charge is 0.173 e. The van der Waals surface area contributed by atoms with Gasteiger partial charge in [0.25, 0.3) is 0 Å². The summed E-state index contributed by atoms with van der Waals surface area (Å²) in [4.78, 5) is 2.49. The summed E-state index contributed by atoms with van der Waals surface area (Å²) in [5.74, 6) is 0. The Morgan fingerprint density at radius 3 is 2.67 bits per heavy atom. The molecule has 21 heavy (non-hydrogen) atoms. The van der Waals surface area contributed by atoms with Crippen molar-refractivity contribution >= 4 is 0 Å². The summed E-state index contributed by atoms with van der Waals surface area (Å²) in [6.45, 7) is 4.70. The molecule has 0 radical (unpaired) electrons. The van der Waals surface area contributed by atoms with Crippen LogP contribution in [0.4, 0.5) is 0 Å². The Kier molecular flexibility index (Phi) is 9.49. The van der Waals surface area contributed by atoms with Crippen molar-refractivity contribution in [2.24, 2.45) is 0 Å². The van der Waals surface area contributed by atoms with Gasteiger partial charge in [-0.25, -0.2) is 4.57 Å². The molecule has 1 aliphatic rings. The molecular weight excluding hydrogens is 371 g/mol. The van der Waals surface area contributed by atoms with Crippen LogP contribution in [0.2, 0.25) is 0 Å². The van der Waals surface area contributed by atoms with E-state index in [0.29, 0.717) is 6.04 Å². The van der Waals surface area contributed by atoms with Crippen LogP contribution in [0.1, 0.15) is 69.9 Å². The van der Waals surface area contributed by atoms with E-state index in [0.717, 1.165) is 0 Å². The first-order chi connectivity index (χ1) is 9.81. The fourth-order valence-corrected chi connectivity index (χ4v) is 3.28. The quantitative estimate of drug-likeness (QED) is 0.359. The van der Waals surface area contributed by atoms with Crippen LogP contribution in [0.25, 0.3) is 0 Å². The van der Waals surface area contributed by atoms with Gasteiger partial charge in [-0.15, -0.1) is 0 Å². The molecule has 2 nitrogen and oxygen atoms in total. The van der Waals surface area contributed by atoms with Crippen molar-refractivity contribution in [2.75, 3.05) is 13.6 Å². The fourth-order valence-electron chi connectivity index (χ4n) is 3.28. The molecule has 1 unspecified atom stereocenters. The maximum Gasteiger partial charge on any atom is 0.173 e. The molecule has 0 spiro atoms. The lowest BCUT2D eigenvalue weighted by molar-refractivity contribution is -0.697. The zero-order chi connectivity index (χ0) is 14.2. The van der Waals surface area contributed by atoms with Crippen LogP contribution in [-0.4, -0.2) is 18.5 Å². The summed E-state index contributed by atoms with van der Waals surface area (Å²) in [5, 5.41) is 0. The molecule has 1 aromatic heterocycles. The minimum atomic E-state index is 0. The van der Waals surface area contributed by atoms with E-state index in [-0.39, 0.29) is 24.0 Å². The minimum absolute atomic E-state index is 0. The predicted octanol–water partition coefficient (Wildman–Crippen LogP) is 1.11. The van der Waals surface area contributed by atoms with Gasteiger partial charge >= 0.3 is 0 Å². The molecule has 0 saturated carbocycles. The molecule has 0 aromatic carbocycles. The van der Waals surface area contributed by atoms with E-state index < -0.39 is 0 Å². The summed E-state index contributed by atoms with van der Waals surface area (Å²) in [5.41, 5.74) is 1.50. The first kappa shape index (κ1) is 18.9. The molecule has 120 valence electrons. The third kappa shape index (κ3) is 6.23. The summed E-state index contributed by atoms with van der Waals surface area (Å²) < 4.78 is 2.39. The number of likely N-dealkylation sites (tertiary alicyclic amines) is 1. The van der Waals surface area contributed by atoms with Gasteiger partial charge in [0.2, 0.25) is 0 Å². The molecule has 2 rings (SSSR count). The van der Waals surface area contributed by atoms with Crippen molar-refractivity contribution in [3.63, 3.8) is 0 Å². The zero-order valence-electron chi connectivity index (χ0n) is 13.7. The van der Waals surface area contributed by atoms with Crippen LogP contribution < -0.4 is 28.5 Å². The Balaban J connectivity index is 0.00000220.